The number of rotatable bonds is 9. The van der Waals surface area contributed by atoms with Crippen LogP contribution in [0, 0.1) is 6.92 Å². The lowest BCUT2D eigenvalue weighted by Gasteiger charge is -2.25. The fourth-order valence-electron chi connectivity index (χ4n) is 4.84. The molecule has 0 unspecified atom stereocenters. The largest absolute Gasteiger partial charge is 0.493 e. The van der Waals surface area contributed by atoms with Crippen LogP contribution in [0.2, 0.25) is 0 Å². The molecule has 7 nitrogen and oxygen atoms in total. The van der Waals surface area contributed by atoms with Gasteiger partial charge in [-0.15, -0.1) is 0 Å². The summed E-state index contributed by atoms with van der Waals surface area (Å²) in [6.45, 7) is 8.01. The molecule has 1 N–H and O–H groups in total. The minimum absolute atomic E-state index is 0.172. The van der Waals surface area contributed by atoms with Gasteiger partial charge in [0.05, 0.1) is 19.2 Å². The summed E-state index contributed by atoms with van der Waals surface area (Å²) < 4.78 is 24.3. The maximum atomic E-state index is 6.51. The number of pyridine rings is 1. The van der Waals surface area contributed by atoms with Crippen LogP contribution >= 0.6 is 0 Å². The Morgan fingerprint density at radius 1 is 1.06 bits per heavy atom. The molecular weight excluding hydrogens is 430 g/mol. The normalized spacial score (nSPS) is 17.4. The molecule has 0 aliphatic carbocycles. The summed E-state index contributed by atoms with van der Waals surface area (Å²) in [6, 6.07) is 9.86. The van der Waals surface area contributed by atoms with Crippen molar-refractivity contribution < 1.29 is 18.6 Å². The fraction of sp³-hybridized carbons (Fsp3) is 0.519. The number of piperidine rings is 1. The van der Waals surface area contributed by atoms with Gasteiger partial charge in [-0.05, 0) is 83.4 Å². The Hall–Kier alpha value is -2.77. The maximum Gasteiger partial charge on any atom is 0.163 e. The zero-order valence-electron chi connectivity index (χ0n) is 20.3. The van der Waals surface area contributed by atoms with Crippen LogP contribution in [0.4, 0.5) is 0 Å². The Kier molecular flexibility index (Phi) is 7.21. The van der Waals surface area contributed by atoms with Crippen molar-refractivity contribution in [3.05, 3.63) is 36.1 Å². The molecule has 0 atom stereocenters. The number of aryl methyl sites for hydroxylation is 1. The van der Waals surface area contributed by atoms with Crippen molar-refractivity contribution in [3.63, 3.8) is 0 Å². The van der Waals surface area contributed by atoms with Crippen LogP contribution in [0.15, 0.2) is 34.7 Å². The minimum atomic E-state index is 0.172. The zero-order chi connectivity index (χ0) is 23.3. The average molecular weight is 466 g/mol. The first-order chi connectivity index (χ1) is 16.7. The van der Waals surface area contributed by atoms with Gasteiger partial charge in [-0.1, -0.05) is 0 Å². The number of hydrogen-bond donors (Lipinski definition) is 1. The zero-order valence-corrected chi connectivity index (χ0v) is 20.3. The van der Waals surface area contributed by atoms with Crippen LogP contribution in [-0.4, -0.2) is 62.4 Å². The van der Waals surface area contributed by atoms with E-state index in [0.717, 1.165) is 72.8 Å². The summed E-state index contributed by atoms with van der Waals surface area (Å²) >= 11 is 0. The average Bonchev–Trinajstić information content (AvgIpc) is 3.54. The van der Waals surface area contributed by atoms with Gasteiger partial charge in [-0.2, -0.15) is 0 Å². The summed E-state index contributed by atoms with van der Waals surface area (Å²) in [7, 11) is 1.68. The number of likely N-dealkylation sites (tertiary alicyclic amines) is 1. The van der Waals surface area contributed by atoms with Crippen molar-refractivity contribution >= 4 is 10.9 Å². The lowest BCUT2D eigenvalue weighted by molar-refractivity contribution is 0.164. The third kappa shape index (κ3) is 5.31. The molecule has 182 valence electrons. The van der Waals surface area contributed by atoms with Crippen molar-refractivity contribution in [3.8, 4) is 28.7 Å². The van der Waals surface area contributed by atoms with Crippen LogP contribution in [0.25, 0.3) is 22.4 Å². The number of nitrogens with zero attached hydrogens (tertiary/aromatic N) is 2. The summed E-state index contributed by atoms with van der Waals surface area (Å²) in [5.41, 5.74) is 1.57. The Bertz CT molecular complexity index is 1100. The predicted octanol–water partition coefficient (Wildman–Crippen LogP) is 4.81. The second-order valence-corrected chi connectivity index (χ2v) is 9.25. The lowest BCUT2D eigenvalue weighted by atomic mass is 10.1. The molecule has 2 fully saturated rings. The summed E-state index contributed by atoms with van der Waals surface area (Å²) in [5, 5.41) is 4.32. The molecule has 4 heterocycles. The monoisotopic (exact) mass is 465 g/mol. The molecule has 0 spiro atoms. The minimum Gasteiger partial charge on any atom is -0.493 e. The summed E-state index contributed by atoms with van der Waals surface area (Å²) in [5.74, 6) is 3.81. The van der Waals surface area contributed by atoms with Gasteiger partial charge in [-0.25, -0.2) is 4.98 Å². The molecule has 2 aromatic heterocycles. The second kappa shape index (κ2) is 10.7. The van der Waals surface area contributed by atoms with E-state index in [1.165, 1.54) is 25.9 Å². The highest BCUT2D eigenvalue weighted by Gasteiger charge is 2.20. The quantitative estimate of drug-likeness (QED) is 0.455. The molecular formula is C27H35N3O4. The SMILES string of the molecule is COc1cc2c(OC3CCNCC3)cc(-c3ccc(C)o3)nc2cc1OCCCN1CCCC1. The van der Waals surface area contributed by atoms with E-state index in [-0.39, 0.29) is 6.10 Å². The Morgan fingerprint density at radius 3 is 2.62 bits per heavy atom. The number of nitrogens with one attached hydrogen (secondary N) is 1. The highest BCUT2D eigenvalue weighted by atomic mass is 16.5. The smallest absolute Gasteiger partial charge is 0.163 e. The molecule has 2 aliphatic rings. The molecule has 5 rings (SSSR count). The summed E-state index contributed by atoms with van der Waals surface area (Å²) in [6.07, 6.45) is 5.74. The van der Waals surface area contributed by atoms with E-state index < -0.39 is 0 Å². The first kappa shape index (κ1) is 23.0. The van der Waals surface area contributed by atoms with Gasteiger partial charge in [0.2, 0.25) is 0 Å². The maximum absolute atomic E-state index is 6.51. The molecule has 1 aromatic carbocycles. The molecule has 3 aromatic rings. The first-order valence-electron chi connectivity index (χ1n) is 12.5. The lowest BCUT2D eigenvalue weighted by Crippen LogP contribution is -2.34. The van der Waals surface area contributed by atoms with Gasteiger partial charge < -0.3 is 28.8 Å². The van der Waals surface area contributed by atoms with Gasteiger partial charge in [0.1, 0.15) is 23.3 Å². The van der Waals surface area contributed by atoms with E-state index in [2.05, 4.69) is 10.2 Å². The van der Waals surface area contributed by atoms with Gasteiger partial charge in [0.15, 0.2) is 17.3 Å². The van der Waals surface area contributed by atoms with Gasteiger partial charge >= 0.3 is 0 Å². The van der Waals surface area contributed by atoms with E-state index in [1.54, 1.807) is 7.11 Å². The number of furan rings is 1. The number of benzene rings is 1. The van der Waals surface area contributed by atoms with Crippen molar-refractivity contribution in [1.82, 2.24) is 15.2 Å². The van der Waals surface area contributed by atoms with Gasteiger partial charge in [-0.3, -0.25) is 0 Å². The molecule has 0 saturated carbocycles. The van der Waals surface area contributed by atoms with Crippen LogP contribution in [0.1, 0.15) is 37.9 Å². The van der Waals surface area contributed by atoms with Crippen LogP contribution in [0.5, 0.6) is 17.2 Å². The van der Waals surface area contributed by atoms with Crippen LogP contribution in [-0.2, 0) is 0 Å². The second-order valence-electron chi connectivity index (χ2n) is 9.25. The molecule has 2 saturated heterocycles. The van der Waals surface area contributed by atoms with Crippen LogP contribution < -0.4 is 19.5 Å². The standard InChI is InChI=1S/C27H35N3O4/c1-19-6-7-24(33-19)23-18-25(34-20-8-10-28-11-9-20)21-16-26(31-2)27(17-22(21)29-23)32-15-5-14-30-12-3-4-13-30/h6-7,16-18,20,28H,3-5,8-15H2,1-2H3. The van der Waals surface area contributed by atoms with E-state index in [1.807, 2.05) is 37.3 Å². The number of ether oxygens (including phenoxy) is 3. The molecule has 2 aliphatic heterocycles. The van der Waals surface area contributed by atoms with Crippen molar-refractivity contribution in [2.75, 3.05) is 46.4 Å². The van der Waals surface area contributed by atoms with E-state index in [0.29, 0.717) is 18.1 Å². The van der Waals surface area contributed by atoms with Gasteiger partial charge in [0, 0.05) is 24.1 Å². The number of methoxy groups -OCH3 is 1. The Labute approximate surface area is 201 Å². The number of fused-ring (bicyclic) bond motifs is 1. The third-order valence-corrected chi connectivity index (χ3v) is 6.70. The molecule has 34 heavy (non-hydrogen) atoms. The van der Waals surface area contributed by atoms with Crippen molar-refractivity contribution in [2.45, 2.75) is 45.1 Å². The number of aromatic nitrogens is 1. The number of hydrogen-bond acceptors (Lipinski definition) is 7. The predicted molar refractivity (Wildman–Crippen MR) is 133 cm³/mol. The van der Waals surface area contributed by atoms with E-state index in [4.69, 9.17) is 23.6 Å². The van der Waals surface area contributed by atoms with E-state index >= 15 is 0 Å². The Morgan fingerprint density at radius 2 is 1.88 bits per heavy atom. The highest BCUT2D eigenvalue weighted by molar-refractivity contribution is 5.90. The molecule has 7 heteroatoms. The van der Waals surface area contributed by atoms with Crippen molar-refractivity contribution in [2.24, 2.45) is 0 Å². The first-order valence-corrected chi connectivity index (χ1v) is 12.5. The van der Waals surface area contributed by atoms with Crippen molar-refractivity contribution in [1.29, 1.82) is 0 Å². The van der Waals surface area contributed by atoms with Gasteiger partial charge in [0.25, 0.3) is 0 Å². The Balaban J connectivity index is 1.43. The molecule has 0 bridgehead atoms. The molecule has 0 radical (unpaired) electrons. The highest BCUT2D eigenvalue weighted by Crippen LogP contribution is 2.39. The van der Waals surface area contributed by atoms with Crippen LogP contribution in [0.3, 0.4) is 0 Å². The topological polar surface area (TPSA) is 69.0 Å². The van der Waals surface area contributed by atoms with E-state index in [9.17, 15) is 0 Å². The summed E-state index contributed by atoms with van der Waals surface area (Å²) in [4.78, 5) is 7.41. The third-order valence-electron chi connectivity index (χ3n) is 6.70. The fourth-order valence-corrected chi connectivity index (χ4v) is 4.84. The molecule has 0 amide bonds.